The fourth-order valence-electron chi connectivity index (χ4n) is 2.91. The highest BCUT2D eigenvalue weighted by atomic mass is 16.7. The van der Waals surface area contributed by atoms with Crippen LogP contribution in [0.5, 0.6) is 11.5 Å². The molecule has 0 unspecified atom stereocenters. The number of nitrogens with zero attached hydrogens (tertiary/aromatic N) is 1. The van der Waals surface area contributed by atoms with E-state index in [0.29, 0.717) is 12.4 Å². The van der Waals surface area contributed by atoms with Crippen LogP contribution < -0.4 is 9.47 Å². The zero-order chi connectivity index (χ0) is 17.8. The molecule has 2 aromatic carbocycles. The molecule has 0 saturated heterocycles. The second-order valence-corrected chi connectivity index (χ2v) is 6.18. The third-order valence-electron chi connectivity index (χ3n) is 4.06. The summed E-state index contributed by atoms with van der Waals surface area (Å²) in [5.74, 6) is 0.885. The van der Waals surface area contributed by atoms with Gasteiger partial charge in [-0.05, 0) is 49.3 Å². The molecule has 1 aliphatic rings. The summed E-state index contributed by atoms with van der Waals surface area (Å²) < 4.78 is 10.7. The van der Waals surface area contributed by atoms with Gasteiger partial charge in [0.2, 0.25) is 0 Å². The number of carboxylic acid groups (broad SMARTS) is 1. The summed E-state index contributed by atoms with van der Waals surface area (Å²) in [5, 5.41) is 8.81. The molecular weight excluding hydrogens is 318 g/mol. The number of hydrogen-bond acceptors (Lipinski definition) is 4. The molecule has 0 bridgehead atoms. The second-order valence-electron chi connectivity index (χ2n) is 6.18. The number of ether oxygens (including phenoxy) is 2. The van der Waals surface area contributed by atoms with Crippen LogP contribution in [0.4, 0.5) is 4.79 Å². The third-order valence-corrected chi connectivity index (χ3v) is 4.06. The molecule has 5 nitrogen and oxygen atoms in total. The molecule has 5 heteroatoms. The van der Waals surface area contributed by atoms with Crippen molar-refractivity contribution < 1.29 is 19.4 Å². The normalized spacial score (nSPS) is 14.4. The fraction of sp³-hybridized carbons (Fsp3) is 0.250. The van der Waals surface area contributed by atoms with Crippen molar-refractivity contribution >= 4 is 11.7 Å². The van der Waals surface area contributed by atoms with Crippen molar-refractivity contribution in [3.8, 4) is 11.5 Å². The van der Waals surface area contributed by atoms with E-state index in [1.165, 1.54) is 0 Å². The van der Waals surface area contributed by atoms with E-state index in [9.17, 15) is 4.79 Å². The molecule has 0 atom stereocenters. The predicted octanol–water partition coefficient (Wildman–Crippen LogP) is 4.02. The molecule has 25 heavy (non-hydrogen) atoms. The number of hydrogen-bond donors (Lipinski definition) is 1. The van der Waals surface area contributed by atoms with Crippen LogP contribution in [0.2, 0.25) is 0 Å². The van der Waals surface area contributed by atoms with Crippen molar-refractivity contribution in [3.63, 3.8) is 0 Å². The first-order valence-corrected chi connectivity index (χ1v) is 8.16. The molecule has 1 aliphatic heterocycles. The maximum absolute atomic E-state index is 10.8. The average Bonchev–Trinajstić information content (AvgIpc) is 2.71. The van der Waals surface area contributed by atoms with Crippen LogP contribution in [-0.4, -0.2) is 36.8 Å². The Kier molecular flexibility index (Phi) is 5.05. The van der Waals surface area contributed by atoms with Crippen LogP contribution >= 0.6 is 0 Å². The maximum Gasteiger partial charge on any atom is 0.511 e. The minimum absolute atomic E-state index is 0.254. The van der Waals surface area contributed by atoms with E-state index in [2.05, 4.69) is 23.1 Å². The lowest BCUT2D eigenvalue weighted by Gasteiger charge is -2.13. The highest BCUT2D eigenvalue weighted by Gasteiger charge is 2.19. The van der Waals surface area contributed by atoms with Crippen molar-refractivity contribution in [2.45, 2.75) is 13.0 Å². The van der Waals surface area contributed by atoms with Crippen LogP contribution in [0, 0.1) is 0 Å². The van der Waals surface area contributed by atoms with Crippen LogP contribution in [0.3, 0.4) is 0 Å². The molecule has 1 heterocycles. The van der Waals surface area contributed by atoms with E-state index in [-0.39, 0.29) is 5.75 Å². The first-order chi connectivity index (χ1) is 12.0. The molecule has 0 saturated carbocycles. The minimum atomic E-state index is -1.33. The van der Waals surface area contributed by atoms with Crippen molar-refractivity contribution in [2.75, 3.05) is 20.6 Å². The zero-order valence-electron chi connectivity index (χ0n) is 14.4. The van der Waals surface area contributed by atoms with E-state index in [1.54, 1.807) is 12.1 Å². The number of carbonyl (C=O) groups is 1. The molecule has 1 N–H and O–H groups in total. The smallest absolute Gasteiger partial charge is 0.488 e. The minimum Gasteiger partial charge on any atom is -0.488 e. The van der Waals surface area contributed by atoms with Gasteiger partial charge < -0.3 is 19.5 Å². The fourth-order valence-corrected chi connectivity index (χ4v) is 2.91. The van der Waals surface area contributed by atoms with Crippen LogP contribution in [0.1, 0.15) is 23.1 Å². The predicted molar refractivity (Wildman–Crippen MR) is 96.1 cm³/mol. The van der Waals surface area contributed by atoms with Crippen molar-refractivity contribution in [2.24, 2.45) is 0 Å². The molecular formula is C20H21NO4. The molecule has 0 spiro atoms. The first kappa shape index (κ1) is 17.0. The Labute approximate surface area is 147 Å². The first-order valence-electron chi connectivity index (χ1n) is 8.16. The summed E-state index contributed by atoms with van der Waals surface area (Å²) in [6.07, 6.45) is 1.78. The Morgan fingerprint density at radius 1 is 1.24 bits per heavy atom. The van der Waals surface area contributed by atoms with Gasteiger partial charge in [-0.15, -0.1) is 0 Å². The Bertz CT molecular complexity index is 811. The van der Waals surface area contributed by atoms with Gasteiger partial charge in [0, 0.05) is 18.2 Å². The van der Waals surface area contributed by atoms with Gasteiger partial charge in [-0.1, -0.05) is 30.3 Å². The van der Waals surface area contributed by atoms with Crippen LogP contribution in [-0.2, 0) is 6.61 Å². The Balaban J connectivity index is 2.04. The Morgan fingerprint density at radius 3 is 2.80 bits per heavy atom. The average molecular weight is 339 g/mol. The number of rotatable bonds is 4. The summed E-state index contributed by atoms with van der Waals surface area (Å²) in [6.45, 7) is 1.38. The second kappa shape index (κ2) is 7.40. The summed E-state index contributed by atoms with van der Waals surface area (Å²) in [5.41, 5.74) is 4.30. The van der Waals surface area contributed by atoms with Gasteiger partial charge in [-0.25, -0.2) is 4.79 Å². The van der Waals surface area contributed by atoms with E-state index in [4.69, 9.17) is 14.6 Å². The quantitative estimate of drug-likeness (QED) is 0.673. The third kappa shape index (κ3) is 4.00. The van der Waals surface area contributed by atoms with Gasteiger partial charge >= 0.3 is 6.16 Å². The van der Waals surface area contributed by atoms with Gasteiger partial charge in [0.25, 0.3) is 0 Å². The standard InChI is InChI=1S/C20H21NO4/c1-21(2)11-5-8-17-16-7-4-3-6-14(16)13-24-19-12-15(25-20(22)23)9-10-18(17)19/h3-4,6-10,12H,5,11,13H2,1-2H3,(H,22,23)/b17-8-. The Hall–Kier alpha value is -2.79. The van der Waals surface area contributed by atoms with Crippen molar-refractivity contribution in [1.82, 2.24) is 4.90 Å². The maximum atomic E-state index is 10.8. The molecule has 0 amide bonds. The van der Waals surface area contributed by atoms with Crippen LogP contribution in [0.25, 0.3) is 5.57 Å². The highest BCUT2D eigenvalue weighted by molar-refractivity contribution is 5.85. The lowest BCUT2D eigenvalue weighted by atomic mass is 9.93. The zero-order valence-corrected chi connectivity index (χ0v) is 14.4. The molecule has 0 radical (unpaired) electrons. The summed E-state index contributed by atoms with van der Waals surface area (Å²) in [6, 6.07) is 13.3. The van der Waals surface area contributed by atoms with E-state index in [1.807, 2.05) is 32.3 Å². The SMILES string of the molecule is CN(C)CC/C=C1/c2ccccc2COc2cc(OC(=O)O)ccc21. The molecule has 2 aromatic rings. The highest BCUT2D eigenvalue weighted by Crippen LogP contribution is 2.38. The molecule has 0 aromatic heterocycles. The van der Waals surface area contributed by atoms with Gasteiger partial charge in [0.1, 0.15) is 18.1 Å². The number of fused-ring (bicyclic) bond motifs is 2. The number of benzene rings is 2. The monoisotopic (exact) mass is 339 g/mol. The molecule has 130 valence electrons. The van der Waals surface area contributed by atoms with Crippen LogP contribution in [0.15, 0.2) is 48.5 Å². The summed E-state index contributed by atoms with van der Waals surface area (Å²) >= 11 is 0. The molecule has 0 aliphatic carbocycles. The van der Waals surface area contributed by atoms with E-state index in [0.717, 1.165) is 35.2 Å². The van der Waals surface area contributed by atoms with Gasteiger partial charge in [-0.2, -0.15) is 0 Å². The lowest BCUT2D eigenvalue weighted by Crippen LogP contribution is -2.12. The van der Waals surface area contributed by atoms with E-state index < -0.39 is 6.16 Å². The Morgan fingerprint density at radius 2 is 2.04 bits per heavy atom. The topological polar surface area (TPSA) is 59.0 Å². The van der Waals surface area contributed by atoms with Crippen molar-refractivity contribution in [1.29, 1.82) is 0 Å². The molecule has 0 fully saturated rings. The summed E-state index contributed by atoms with van der Waals surface area (Å²) in [4.78, 5) is 12.9. The summed E-state index contributed by atoms with van der Waals surface area (Å²) in [7, 11) is 4.10. The van der Waals surface area contributed by atoms with Crippen molar-refractivity contribution in [3.05, 3.63) is 65.2 Å². The van der Waals surface area contributed by atoms with Gasteiger partial charge in [0.15, 0.2) is 0 Å². The van der Waals surface area contributed by atoms with E-state index >= 15 is 0 Å². The molecule has 3 rings (SSSR count). The van der Waals surface area contributed by atoms with Gasteiger partial charge in [-0.3, -0.25) is 0 Å². The lowest BCUT2D eigenvalue weighted by molar-refractivity contribution is 0.144. The van der Waals surface area contributed by atoms with Gasteiger partial charge in [0.05, 0.1) is 0 Å². The largest absolute Gasteiger partial charge is 0.511 e.